The minimum Gasteiger partial charge on any atom is -0.497 e. The molecule has 1 amide bonds. The number of nitrogens with zero attached hydrogens (tertiary/aromatic N) is 1. The van der Waals surface area contributed by atoms with Crippen molar-refractivity contribution in [2.45, 2.75) is 39.2 Å². The first-order chi connectivity index (χ1) is 11.9. The molecule has 1 saturated heterocycles. The van der Waals surface area contributed by atoms with Crippen LogP contribution in [-0.2, 0) is 0 Å². The lowest BCUT2D eigenvalue weighted by atomic mass is 9.87. The Bertz CT molecular complexity index is 589. The van der Waals surface area contributed by atoms with Crippen LogP contribution in [0.15, 0.2) is 18.2 Å². The van der Waals surface area contributed by atoms with Gasteiger partial charge in [-0.15, -0.1) is 0 Å². The molecular weight excluding hydrogens is 320 g/mol. The van der Waals surface area contributed by atoms with Crippen LogP contribution in [0, 0.1) is 5.41 Å². The van der Waals surface area contributed by atoms with E-state index in [1.807, 2.05) is 0 Å². The molecular formula is C19H30N2O4. The third kappa shape index (κ3) is 5.34. The van der Waals surface area contributed by atoms with Gasteiger partial charge in [0.2, 0.25) is 0 Å². The summed E-state index contributed by atoms with van der Waals surface area (Å²) < 4.78 is 11.0. The molecule has 0 aromatic heterocycles. The maximum Gasteiger partial charge on any atom is 0.257 e. The Hall–Kier alpha value is -1.79. The van der Waals surface area contributed by atoms with E-state index in [0.717, 1.165) is 6.42 Å². The first-order valence-corrected chi connectivity index (χ1v) is 8.84. The molecule has 1 aliphatic rings. The summed E-state index contributed by atoms with van der Waals surface area (Å²) in [6.45, 7) is 6.29. The molecule has 1 atom stereocenters. The Kier molecular flexibility index (Phi) is 6.67. The summed E-state index contributed by atoms with van der Waals surface area (Å²) in [7, 11) is 1.57. The van der Waals surface area contributed by atoms with Crippen molar-refractivity contribution >= 4 is 5.91 Å². The zero-order chi connectivity index (χ0) is 18.4. The van der Waals surface area contributed by atoms with Gasteiger partial charge >= 0.3 is 0 Å². The van der Waals surface area contributed by atoms with E-state index in [-0.39, 0.29) is 17.4 Å². The molecule has 1 aromatic rings. The van der Waals surface area contributed by atoms with E-state index >= 15 is 0 Å². The van der Waals surface area contributed by atoms with Crippen molar-refractivity contribution < 1.29 is 19.4 Å². The molecule has 2 rings (SSSR count). The Balaban J connectivity index is 2.26. The fourth-order valence-corrected chi connectivity index (χ4v) is 3.24. The molecule has 6 nitrogen and oxygen atoms in total. The highest BCUT2D eigenvalue weighted by Crippen LogP contribution is 2.31. The number of rotatable bonds is 6. The number of aliphatic hydroxyl groups is 1. The summed E-state index contributed by atoms with van der Waals surface area (Å²) >= 11 is 0. The van der Waals surface area contributed by atoms with E-state index in [2.05, 4.69) is 13.8 Å². The number of hydrogen-bond donors (Lipinski definition) is 2. The lowest BCUT2D eigenvalue weighted by Crippen LogP contribution is -2.37. The molecule has 1 aromatic carbocycles. The van der Waals surface area contributed by atoms with Crippen LogP contribution in [0.5, 0.6) is 11.5 Å². The fourth-order valence-electron chi connectivity index (χ4n) is 3.24. The number of benzene rings is 1. The van der Waals surface area contributed by atoms with E-state index in [1.165, 1.54) is 0 Å². The molecule has 3 N–H and O–H groups in total. The van der Waals surface area contributed by atoms with Crippen LogP contribution in [0.1, 0.15) is 43.5 Å². The highest BCUT2D eigenvalue weighted by molar-refractivity contribution is 5.97. The Labute approximate surface area is 149 Å². The molecule has 0 saturated carbocycles. The van der Waals surface area contributed by atoms with Crippen molar-refractivity contribution in [3.05, 3.63) is 23.8 Å². The number of ether oxygens (including phenoxy) is 2. The summed E-state index contributed by atoms with van der Waals surface area (Å²) in [5, 5.41) is 10.1. The molecule has 1 fully saturated rings. The predicted octanol–water partition coefficient (Wildman–Crippen LogP) is 2.05. The van der Waals surface area contributed by atoms with Gasteiger partial charge in [0.1, 0.15) is 11.5 Å². The largest absolute Gasteiger partial charge is 0.497 e. The maximum absolute atomic E-state index is 13.2. The van der Waals surface area contributed by atoms with Crippen molar-refractivity contribution in [3.63, 3.8) is 0 Å². The van der Waals surface area contributed by atoms with Gasteiger partial charge in [-0.05, 0) is 49.4 Å². The van der Waals surface area contributed by atoms with Gasteiger partial charge < -0.3 is 25.2 Å². The van der Waals surface area contributed by atoms with Crippen molar-refractivity contribution in [1.29, 1.82) is 0 Å². The van der Waals surface area contributed by atoms with Crippen molar-refractivity contribution in [2.75, 3.05) is 33.4 Å². The first-order valence-electron chi connectivity index (χ1n) is 8.84. The van der Waals surface area contributed by atoms with E-state index < -0.39 is 0 Å². The second-order valence-electron chi connectivity index (χ2n) is 7.39. The van der Waals surface area contributed by atoms with Gasteiger partial charge in [0.15, 0.2) is 0 Å². The third-order valence-electron chi connectivity index (χ3n) is 4.45. The molecule has 25 heavy (non-hydrogen) atoms. The zero-order valence-electron chi connectivity index (χ0n) is 15.5. The number of nitrogens with two attached hydrogens (primary N) is 1. The van der Waals surface area contributed by atoms with Gasteiger partial charge in [0, 0.05) is 13.1 Å². The number of aliphatic hydroxyl groups excluding tert-OH is 1. The number of hydrogen-bond acceptors (Lipinski definition) is 5. The number of carbonyl (C=O) groups is 1. The molecule has 6 heteroatoms. The summed E-state index contributed by atoms with van der Waals surface area (Å²) in [6.07, 6.45) is 1.62. The van der Waals surface area contributed by atoms with Gasteiger partial charge in [0.25, 0.3) is 5.91 Å². The smallest absolute Gasteiger partial charge is 0.257 e. The van der Waals surface area contributed by atoms with Crippen LogP contribution in [0.2, 0.25) is 0 Å². The second-order valence-corrected chi connectivity index (χ2v) is 7.39. The average molecular weight is 350 g/mol. The van der Waals surface area contributed by atoms with Crippen LogP contribution in [0.4, 0.5) is 0 Å². The average Bonchev–Trinajstić information content (AvgIpc) is 2.71. The van der Waals surface area contributed by atoms with Gasteiger partial charge in [0.05, 0.1) is 25.4 Å². The van der Waals surface area contributed by atoms with Gasteiger partial charge in [-0.25, -0.2) is 0 Å². The third-order valence-corrected chi connectivity index (χ3v) is 4.45. The Morgan fingerprint density at radius 3 is 2.88 bits per heavy atom. The zero-order valence-corrected chi connectivity index (χ0v) is 15.5. The summed E-state index contributed by atoms with van der Waals surface area (Å²) in [5.41, 5.74) is 5.87. The number of likely N-dealkylation sites (tertiary alicyclic amines) is 1. The minimum atomic E-state index is -0.376. The molecule has 1 unspecified atom stereocenters. The lowest BCUT2D eigenvalue weighted by molar-refractivity contribution is 0.0700. The molecule has 0 radical (unpaired) electrons. The maximum atomic E-state index is 13.2. The summed E-state index contributed by atoms with van der Waals surface area (Å²) in [5.74, 6) is 1.06. The van der Waals surface area contributed by atoms with Gasteiger partial charge in [-0.2, -0.15) is 0 Å². The predicted molar refractivity (Wildman–Crippen MR) is 97.1 cm³/mol. The van der Waals surface area contributed by atoms with Crippen LogP contribution in [0.25, 0.3) is 0 Å². The quantitative estimate of drug-likeness (QED) is 0.767. The lowest BCUT2D eigenvalue weighted by Gasteiger charge is -2.30. The van der Waals surface area contributed by atoms with Crippen molar-refractivity contribution in [3.8, 4) is 11.5 Å². The molecule has 0 spiro atoms. The van der Waals surface area contributed by atoms with Crippen LogP contribution in [-0.4, -0.2) is 55.4 Å². The van der Waals surface area contributed by atoms with Crippen LogP contribution < -0.4 is 15.2 Å². The molecule has 1 heterocycles. The molecule has 140 valence electrons. The highest BCUT2D eigenvalue weighted by Gasteiger charge is 2.32. The van der Waals surface area contributed by atoms with Crippen LogP contribution in [0.3, 0.4) is 0 Å². The van der Waals surface area contributed by atoms with E-state index in [9.17, 15) is 9.90 Å². The molecule has 0 aliphatic carbocycles. The second kappa shape index (κ2) is 8.54. The van der Waals surface area contributed by atoms with E-state index in [4.69, 9.17) is 15.2 Å². The van der Waals surface area contributed by atoms with Crippen molar-refractivity contribution in [1.82, 2.24) is 4.90 Å². The normalized spacial score (nSPS) is 20.0. The van der Waals surface area contributed by atoms with E-state index in [0.29, 0.717) is 56.1 Å². The number of amides is 1. The van der Waals surface area contributed by atoms with E-state index in [1.54, 1.807) is 30.2 Å². The van der Waals surface area contributed by atoms with Gasteiger partial charge in [-0.1, -0.05) is 13.8 Å². The number of methoxy groups -OCH3 is 1. The Morgan fingerprint density at radius 2 is 2.20 bits per heavy atom. The number of carbonyl (C=O) groups excluding carboxylic acids is 1. The monoisotopic (exact) mass is 350 g/mol. The minimum absolute atomic E-state index is 0.0937. The summed E-state index contributed by atoms with van der Waals surface area (Å²) in [6, 6.07) is 5.26. The topological polar surface area (TPSA) is 85.0 Å². The first kappa shape index (κ1) is 19.5. The SMILES string of the molecule is COc1ccc(OCCCN)c(C(=O)N2CCC(O)CC(C)(C)C2)c1. The van der Waals surface area contributed by atoms with Gasteiger partial charge in [-0.3, -0.25) is 4.79 Å². The highest BCUT2D eigenvalue weighted by atomic mass is 16.5. The Morgan fingerprint density at radius 1 is 1.44 bits per heavy atom. The summed E-state index contributed by atoms with van der Waals surface area (Å²) in [4.78, 5) is 15.0. The van der Waals surface area contributed by atoms with Crippen LogP contribution >= 0.6 is 0 Å². The molecule has 1 aliphatic heterocycles. The van der Waals surface area contributed by atoms with Crippen molar-refractivity contribution in [2.24, 2.45) is 11.1 Å². The fraction of sp³-hybridized carbons (Fsp3) is 0.632. The standard InChI is InChI=1S/C19H30N2O4/c1-19(2)12-14(22)7-9-21(13-19)18(23)16-11-15(24-3)5-6-17(16)25-10-4-8-20/h5-6,11,14,22H,4,7-10,12-13,20H2,1-3H3. The molecule has 0 bridgehead atoms.